The fraction of sp³-hybridized carbons (Fsp3) is 0.500. The van der Waals surface area contributed by atoms with E-state index in [0.29, 0.717) is 5.69 Å². The van der Waals surface area contributed by atoms with Crippen molar-refractivity contribution < 1.29 is 14.7 Å². The van der Waals surface area contributed by atoms with Crippen LogP contribution in [0.25, 0.3) is 0 Å². The van der Waals surface area contributed by atoms with Crippen molar-refractivity contribution in [1.29, 1.82) is 0 Å². The highest BCUT2D eigenvalue weighted by Gasteiger charge is 2.28. The molecule has 7 heteroatoms. The third-order valence-electron chi connectivity index (χ3n) is 2.41. The van der Waals surface area contributed by atoms with Crippen molar-refractivity contribution in [1.82, 2.24) is 20.2 Å². The highest BCUT2D eigenvalue weighted by molar-refractivity contribution is 5.80. The Bertz CT molecular complexity index is 442. The summed E-state index contributed by atoms with van der Waals surface area (Å²) in [4.78, 5) is 31.8. The molecule has 0 atom stereocenters. The number of rotatable bonds is 4. The van der Waals surface area contributed by atoms with E-state index in [0.717, 1.165) is 0 Å². The van der Waals surface area contributed by atoms with Crippen LogP contribution in [-0.4, -0.2) is 44.1 Å². The summed E-state index contributed by atoms with van der Waals surface area (Å²) >= 11 is 0. The molecule has 0 spiro atoms. The van der Waals surface area contributed by atoms with Crippen LogP contribution in [0.4, 0.5) is 4.79 Å². The molecular formula is C12H18N4O3. The molecule has 7 nitrogen and oxygen atoms in total. The molecule has 0 aliphatic rings. The summed E-state index contributed by atoms with van der Waals surface area (Å²) in [6.45, 7) is 5.22. The zero-order valence-electron chi connectivity index (χ0n) is 11.3. The minimum atomic E-state index is -1.05. The van der Waals surface area contributed by atoms with Crippen LogP contribution in [0.5, 0.6) is 0 Å². The molecule has 0 aromatic carbocycles. The van der Waals surface area contributed by atoms with E-state index >= 15 is 0 Å². The first-order valence-corrected chi connectivity index (χ1v) is 5.83. The lowest BCUT2D eigenvalue weighted by molar-refractivity contribution is -0.138. The van der Waals surface area contributed by atoms with Crippen LogP contribution in [0.1, 0.15) is 26.5 Å². The third kappa shape index (κ3) is 4.90. The van der Waals surface area contributed by atoms with Gasteiger partial charge in [0.1, 0.15) is 12.9 Å². The van der Waals surface area contributed by atoms with E-state index in [4.69, 9.17) is 5.11 Å². The summed E-state index contributed by atoms with van der Waals surface area (Å²) in [6.07, 6.45) is 2.97. The number of aromatic nitrogens is 2. The minimum Gasteiger partial charge on any atom is -0.480 e. The largest absolute Gasteiger partial charge is 0.480 e. The van der Waals surface area contributed by atoms with Gasteiger partial charge in [-0.15, -0.1) is 0 Å². The number of nitrogens with one attached hydrogen (secondary N) is 1. The molecule has 2 N–H and O–H groups in total. The Labute approximate surface area is 111 Å². The molecule has 1 heterocycles. The zero-order chi connectivity index (χ0) is 14.5. The van der Waals surface area contributed by atoms with Gasteiger partial charge in [-0.1, -0.05) is 0 Å². The lowest BCUT2D eigenvalue weighted by Gasteiger charge is -2.34. The maximum absolute atomic E-state index is 12.0. The van der Waals surface area contributed by atoms with Gasteiger partial charge in [-0.25, -0.2) is 14.8 Å². The lowest BCUT2D eigenvalue weighted by Crippen LogP contribution is -2.52. The van der Waals surface area contributed by atoms with E-state index in [1.807, 2.05) is 0 Å². The van der Waals surface area contributed by atoms with Crippen molar-refractivity contribution in [3.05, 3.63) is 24.3 Å². The number of carboxylic acids is 1. The Balaban J connectivity index is 2.65. The van der Waals surface area contributed by atoms with Gasteiger partial charge in [-0.05, 0) is 26.8 Å². The molecule has 19 heavy (non-hydrogen) atoms. The second kappa shape index (κ2) is 6.12. The highest BCUT2D eigenvalue weighted by atomic mass is 16.4. The Morgan fingerprint density at radius 3 is 2.58 bits per heavy atom. The van der Waals surface area contributed by atoms with Gasteiger partial charge in [0.15, 0.2) is 0 Å². The number of carboxylic acid groups (broad SMARTS) is 1. The third-order valence-corrected chi connectivity index (χ3v) is 2.41. The van der Waals surface area contributed by atoms with Crippen LogP contribution in [-0.2, 0) is 11.3 Å². The molecule has 1 rings (SSSR count). The van der Waals surface area contributed by atoms with Crippen molar-refractivity contribution >= 4 is 12.0 Å². The average Bonchev–Trinajstić information content (AvgIpc) is 2.33. The van der Waals surface area contributed by atoms with Gasteiger partial charge in [-0.2, -0.15) is 0 Å². The summed E-state index contributed by atoms with van der Waals surface area (Å²) in [5.74, 6) is -1.05. The molecule has 0 saturated carbocycles. The summed E-state index contributed by atoms with van der Waals surface area (Å²) in [5, 5.41) is 11.5. The van der Waals surface area contributed by atoms with Crippen LogP contribution >= 0.6 is 0 Å². The van der Waals surface area contributed by atoms with Crippen molar-refractivity contribution in [2.45, 2.75) is 32.9 Å². The van der Waals surface area contributed by atoms with Crippen molar-refractivity contribution in [2.75, 3.05) is 6.54 Å². The summed E-state index contributed by atoms with van der Waals surface area (Å²) in [7, 11) is 0. The molecule has 1 aromatic rings. The normalized spacial score (nSPS) is 10.9. The smallest absolute Gasteiger partial charge is 0.323 e. The van der Waals surface area contributed by atoms with Crippen LogP contribution < -0.4 is 5.32 Å². The molecule has 0 radical (unpaired) electrons. The molecule has 0 fully saturated rings. The zero-order valence-corrected chi connectivity index (χ0v) is 11.3. The van der Waals surface area contributed by atoms with Gasteiger partial charge < -0.3 is 15.3 Å². The first-order chi connectivity index (χ1) is 8.80. The van der Waals surface area contributed by atoms with E-state index in [-0.39, 0.29) is 13.1 Å². The van der Waals surface area contributed by atoms with Gasteiger partial charge >= 0.3 is 12.0 Å². The monoisotopic (exact) mass is 266 g/mol. The Kier molecular flexibility index (Phi) is 4.80. The van der Waals surface area contributed by atoms with E-state index in [1.54, 1.807) is 33.0 Å². The standard InChI is InChI=1S/C12H18N4O3/c1-12(2,3)16(7-10(17)18)11(19)14-6-9-4-5-13-8-15-9/h4-5,8H,6-7H2,1-3H3,(H,14,19)(H,17,18). The summed E-state index contributed by atoms with van der Waals surface area (Å²) in [6, 6.07) is 1.24. The molecule has 0 saturated heterocycles. The Morgan fingerprint density at radius 1 is 1.42 bits per heavy atom. The number of carbonyl (C=O) groups is 2. The number of carbonyl (C=O) groups excluding carboxylic acids is 1. The molecule has 0 bridgehead atoms. The van der Waals surface area contributed by atoms with E-state index < -0.39 is 17.5 Å². The van der Waals surface area contributed by atoms with Crippen molar-refractivity contribution in [3.8, 4) is 0 Å². The first-order valence-electron chi connectivity index (χ1n) is 5.83. The summed E-state index contributed by atoms with van der Waals surface area (Å²) in [5.41, 5.74) is 0.0845. The van der Waals surface area contributed by atoms with Crippen LogP contribution in [0.15, 0.2) is 18.6 Å². The maximum Gasteiger partial charge on any atom is 0.323 e. The average molecular weight is 266 g/mol. The number of urea groups is 1. The molecule has 2 amide bonds. The Hall–Kier alpha value is -2.18. The minimum absolute atomic E-state index is 0.230. The predicted molar refractivity (Wildman–Crippen MR) is 68.4 cm³/mol. The first kappa shape index (κ1) is 14.9. The number of hydrogen-bond donors (Lipinski definition) is 2. The molecule has 104 valence electrons. The quantitative estimate of drug-likeness (QED) is 0.843. The van der Waals surface area contributed by atoms with Gasteiger partial charge in [0.05, 0.1) is 12.2 Å². The lowest BCUT2D eigenvalue weighted by atomic mass is 10.1. The topological polar surface area (TPSA) is 95.4 Å². The highest BCUT2D eigenvalue weighted by Crippen LogP contribution is 2.13. The number of aliphatic carboxylic acids is 1. The van der Waals surface area contributed by atoms with Gasteiger partial charge in [0, 0.05) is 11.7 Å². The van der Waals surface area contributed by atoms with E-state index in [9.17, 15) is 9.59 Å². The summed E-state index contributed by atoms with van der Waals surface area (Å²) < 4.78 is 0. The molecule has 1 aromatic heterocycles. The maximum atomic E-state index is 12.0. The van der Waals surface area contributed by atoms with Crippen LogP contribution in [0, 0.1) is 0 Å². The Morgan fingerprint density at radius 2 is 2.11 bits per heavy atom. The second-order valence-corrected chi connectivity index (χ2v) is 5.01. The molecular weight excluding hydrogens is 248 g/mol. The van der Waals surface area contributed by atoms with Crippen LogP contribution in [0.2, 0.25) is 0 Å². The van der Waals surface area contributed by atoms with E-state index in [1.165, 1.54) is 11.2 Å². The number of hydrogen-bond acceptors (Lipinski definition) is 4. The van der Waals surface area contributed by atoms with Gasteiger partial charge in [0.2, 0.25) is 0 Å². The molecule has 0 aliphatic heterocycles. The van der Waals surface area contributed by atoms with Gasteiger partial charge in [0.25, 0.3) is 0 Å². The predicted octanol–water partition coefficient (Wildman–Crippen LogP) is 0.871. The van der Waals surface area contributed by atoms with Crippen molar-refractivity contribution in [3.63, 3.8) is 0 Å². The fourth-order valence-corrected chi connectivity index (χ4v) is 1.43. The number of amides is 2. The fourth-order valence-electron chi connectivity index (χ4n) is 1.43. The molecule has 0 aliphatic carbocycles. The van der Waals surface area contributed by atoms with E-state index in [2.05, 4.69) is 15.3 Å². The second-order valence-electron chi connectivity index (χ2n) is 5.01. The number of nitrogens with zero attached hydrogens (tertiary/aromatic N) is 3. The SMILES string of the molecule is CC(C)(C)N(CC(=O)O)C(=O)NCc1ccncn1. The van der Waals surface area contributed by atoms with Crippen LogP contribution in [0.3, 0.4) is 0 Å². The van der Waals surface area contributed by atoms with Crippen molar-refractivity contribution in [2.24, 2.45) is 0 Å². The van der Waals surface area contributed by atoms with Gasteiger partial charge in [-0.3, -0.25) is 4.79 Å². The molecule has 0 unspecified atom stereocenters.